The minimum Gasteiger partial charge on any atom is -0.333 e. The Labute approximate surface area is 183 Å². The molecule has 2 saturated carbocycles. The summed E-state index contributed by atoms with van der Waals surface area (Å²) in [6.45, 7) is 4.59. The predicted molar refractivity (Wildman–Crippen MR) is 120 cm³/mol. The number of aromatic nitrogens is 6. The minimum absolute atomic E-state index is 0.134. The standard InChI is InChI=1S/C21H24N8OS/c1-4-28-15(20(30)29(12-5-6-12)13-7-8-13)9-14-17-16(22-10-27(17)3)18(24-19(14)28)25-21-23-11(2)26-31-21/h9-10,12-13H,4-8H2,1-3H3,(H,23,24,25,26). The number of hydrogen-bond donors (Lipinski definition) is 1. The largest absolute Gasteiger partial charge is 0.333 e. The van der Waals surface area contributed by atoms with Gasteiger partial charge in [0.1, 0.15) is 22.7 Å². The molecule has 10 heteroatoms. The summed E-state index contributed by atoms with van der Waals surface area (Å²) >= 11 is 1.29. The van der Waals surface area contributed by atoms with E-state index < -0.39 is 0 Å². The summed E-state index contributed by atoms with van der Waals surface area (Å²) in [5, 5.41) is 4.92. The molecule has 6 rings (SSSR count). The van der Waals surface area contributed by atoms with Gasteiger partial charge in [-0.25, -0.2) is 15.0 Å². The molecule has 1 amide bonds. The number of carbonyl (C=O) groups excluding carboxylic acids is 1. The quantitative estimate of drug-likeness (QED) is 0.496. The summed E-state index contributed by atoms with van der Waals surface area (Å²) in [5.74, 6) is 1.48. The highest BCUT2D eigenvalue weighted by molar-refractivity contribution is 7.09. The molecule has 0 saturated heterocycles. The second-order valence-corrected chi connectivity index (χ2v) is 9.22. The summed E-state index contributed by atoms with van der Waals surface area (Å²) in [6, 6.07) is 2.83. The van der Waals surface area contributed by atoms with Crippen LogP contribution in [0.25, 0.3) is 22.1 Å². The number of aryl methyl sites for hydroxylation is 3. The number of pyridine rings is 1. The monoisotopic (exact) mass is 436 g/mol. The van der Waals surface area contributed by atoms with Crippen LogP contribution in [0.15, 0.2) is 12.4 Å². The maximum atomic E-state index is 13.6. The Morgan fingerprint density at radius 2 is 2.00 bits per heavy atom. The lowest BCUT2D eigenvalue weighted by atomic mass is 10.2. The Balaban J connectivity index is 1.53. The Morgan fingerprint density at radius 1 is 1.26 bits per heavy atom. The van der Waals surface area contributed by atoms with Crippen LogP contribution in [-0.2, 0) is 13.6 Å². The highest BCUT2D eigenvalue weighted by Crippen LogP contribution is 2.39. The summed E-state index contributed by atoms with van der Waals surface area (Å²) in [7, 11) is 1.97. The second kappa shape index (κ2) is 6.74. The first-order valence-electron chi connectivity index (χ1n) is 10.8. The molecule has 2 aliphatic rings. The lowest BCUT2D eigenvalue weighted by molar-refractivity contribution is 0.0719. The average molecular weight is 437 g/mol. The smallest absolute Gasteiger partial charge is 0.271 e. The van der Waals surface area contributed by atoms with Crippen molar-refractivity contribution >= 4 is 50.5 Å². The van der Waals surface area contributed by atoms with Gasteiger partial charge in [-0.2, -0.15) is 4.37 Å². The zero-order valence-electron chi connectivity index (χ0n) is 17.8. The van der Waals surface area contributed by atoms with Gasteiger partial charge in [0.05, 0.1) is 11.8 Å². The molecule has 0 aromatic carbocycles. The van der Waals surface area contributed by atoms with E-state index in [1.165, 1.54) is 11.5 Å². The van der Waals surface area contributed by atoms with Gasteiger partial charge in [0.25, 0.3) is 5.91 Å². The number of carbonyl (C=O) groups is 1. The van der Waals surface area contributed by atoms with Crippen molar-refractivity contribution < 1.29 is 4.79 Å². The van der Waals surface area contributed by atoms with Crippen molar-refractivity contribution in [3.63, 3.8) is 0 Å². The Bertz CT molecular complexity index is 1310. The second-order valence-electron chi connectivity index (χ2n) is 8.47. The minimum atomic E-state index is 0.134. The van der Waals surface area contributed by atoms with E-state index in [0.717, 1.165) is 59.3 Å². The van der Waals surface area contributed by atoms with Gasteiger partial charge in [-0.3, -0.25) is 4.79 Å². The van der Waals surface area contributed by atoms with Crippen LogP contribution in [0.4, 0.5) is 10.9 Å². The average Bonchev–Trinajstić information content (AvgIpc) is 3.66. The molecule has 4 heterocycles. The number of imidazole rings is 1. The van der Waals surface area contributed by atoms with Gasteiger partial charge in [0, 0.05) is 42.6 Å². The van der Waals surface area contributed by atoms with Crippen LogP contribution in [0.3, 0.4) is 0 Å². The van der Waals surface area contributed by atoms with Crippen LogP contribution in [0.1, 0.15) is 48.9 Å². The van der Waals surface area contributed by atoms with Gasteiger partial charge in [-0.1, -0.05) is 0 Å². The van der Waals surface area contributed by atoms with Crippen molar-refractivity contribution in [1.82, 2.24) is 33.4 Å². The van der Waals surface area contributed by atoms with E-state index in [2.05, 4.69) is 31.5 Å². The molecule has 0 radical (unpaired) electrons. The molecule has 31 heavy (non-hydrogen) atoms. The molecule has 9 nitrogen and oxygen atoms in total. The summed E-state index contributed by atoms with van der Waals surface area (Å²) in [5.41, 5.74) is 3.23. The first-order chi connectivity index (χ1) is 15.0. The first-order valence-corrected chi connectivity index (χ1v) is 11.6. The lowest BCUT2D eigenvalue weighted by Gasteiger charge is -2.22. The highest BCUT2D eigenvalue weighted by atomic mass is 32.1. The van der Waals surface area contributed by atoms with Crippen LogP contribution in [0.2, 0.25) is 0 Å². The maximum Gasteiger partial charge on any atom is 0.271 e. The zero-order valence-corrected chi connectivity index (χ0v) is 18.6. The fourth-order valence-electron chi connectivity index (χ4n) is 4.41. The molecule has 0 atom stereocenters. The van der Waals surface area contributed by atoms with E-state index in [0.29, 0.717) is 29.6 Å². The van der Waals surface area contributed by atoms with Crippen LogP contribution in [-0.4, -0.2) is 51.4 Å². The van der Waals surface area contributed by atoms with Gasteiger partial charge in [-0.15, -0.1) is 0 Å². The molecule has 2 aliphatic carbocycles. The third kappa shape index (κ3) is 3.00. The molecule has 160 valence electrons. The predicted octanol–water partition coefficient (Wildman–Crippen LogP) is 3.61. The van der Waals surface area contributed by atoms with E-state index in [9.17, 15) is 4.79 Å². The van der Waals surface area contributed by atoms with Gasteiger partial charge < -0.3 is 19.4 Å². The number of nitrogens with one attached hydrogen (secondary N) is 1. The van der Waals surface area contributed by atoms with E-state index in [-0.39, 0.29) is 5.91 Å². The maximum absolute atomic E-state index is 13.6. The zero-order chi connectivity index (χ0) is 21.3. The summed E-state index contributed by atoms with van der Waals surface area (Å²) in [4.78, 5) is 29.7. The van der Waals surface area contributed by atoms with Gasteiger partial charge in [0.15, 0.2) is 5.82 Å². The van der Waals surface area contributed by atoms with Gasteiger partial charge >= 0.3 is 0 Å². The van der Waals surface area contributed by atoms with Crippen LogP contribution < -0.4 is 5.32 Å². The first kappa shape index (κ1) is 18.7. The number of anilines is 2. The van der Waals surface area contributed by atoms with Crippen molar-refractivity contribution in [3.8, 4) is 0 Å². The topological polar surface area (TPSA) is 93.8 Å². The SMILES string of the molecule is CCn1c(C(=O)N(C2CC2)C2CC2)cc2c3c(ncn3C)c(Nc3nc(C)ns3)nc21. The Morgan fingerprint density at radius 3 is 2.61 bits per heavy atom. The van der Waals surface area contributed by atoms with Crippen molar-refractivity contribution in [1.29, 1.82) is 0 Å². The highest BCUT2D eigenvalue weighted by Gasteiger charge is 2.43. The van der Waals surface area contributed by atoms with Gasteiger partial charge in [0.2, 0.25) is 5.13 Å². The molecule has 0 spiro atoms. The normalized spacial score (nSPS) is 16.4. The Hall–Kier alpha value is -3.01. The fraction of sp³-hybridized carbons (Fsp3) is 0.476. The lowest BCUT2D eigenvalue weighted by Crippen LogP contribution is -2.36. The Kier molecular flexibility index (Phi) is 4.08. The number of amides is 1. The third-order valence-corrected chi connectivity index (χ3v) is 6.83. The molecule has 0 unspecified atom stereocenters. The van der Waals surface area contributed by atoms with E-state index in [1.807, 2.05) is 29.2 Å². The molecular formula is C21H24N8OS. The van der Waals surface area contributed by atoms with Gasteiger partial charge in [-0.05, 0) is 45.6 Å². The summed E-state index contributed by atoms with van der Waals surface area (Å²) in [6.07, 6.45) is 6.26. The molecule has 0 aliphatic heterocycles. The number of hydrogen-bond acceptors (Lipinski definition) is 7. The van der Waals surface area contributed by atoms with Crippen LogP contribution in [0.5, 0.6) is 0 Å². The van der Waals surface area contributed by atoms with Crippen molar-refractivity contribution in [2.24, 2.45) is 7.05 Å². The van der Waals surface area contributed by atoms with E-state index >= 15 is 0 Å². The van der Waals surface area contributed by atoms with E-state index in [4.69, 9.17) is 4.98 Å². The van der Waals surface area contributed by atoms with Crippen molar-refractivity contribution in [2.75, 3.05) is 5.32 Å². The summed E-state index contributed by atoms with van der Waals surface area (Å²) < 4.78 is 8.27. The molecule has 4 aromatic heterocycles. The molecule has 1 N–H and O–H groups in total. The van der Waals surface area contributed by atoms with Crippen molar-refractivity contribution in [2.45, 2.75) is 58.2 Å². The number of nitrogens with zero attached hydrogens (tertiary/aromatic N) is 7. The number of fused-ring (bicyclic) bond motifs is 3. The van der Waals surface area contributed by atoms with Crippen LogP contribution >= 0.6 is 11.5 Å². The molecule has 4 aromatic rings. The number of rotatable bonds is 6. The van der Waals surface area contributed by atoms with E-state index in [1.54, 1.807) is 6.33 Å². The fourth-order valence-corrected chi connectivity index (χ4v) is 4.99. The van der Waals surface area contributed by atoms with Crippen LogP contribution in [0, 0.1) is 6.92 Å². The molecular weight excluding hydrogens is 412 g/mol. The molecule has 2 fully saturated rings. The molecule has 0 bridgehead atoms. The third-order valence-electron chi connectivity index (χ3n) is 6.11. The van der Waals surface area contributed by atoms with Crippen molar-refractivity contribution in [3.05, 3.63) is 23.9 Å².